The van der Waals surface area contributed by atoms with Crippen molar-refractivity contribution in [2.24, 2.45) is 0 Å². The standard InChI is InChI=1S/C25H25F3N2O/c26-25(27,28)21-12-10-19(11-13-21)24(30-16-5-14-29-15-17-30)20-6-4-9-23(18-20)31-22-7-2-1-3-8-22/h1-4,6-13,18,24,29H,5,14-17H2. The highest BCUT2D eigenvalue weighted by Crippen LogP contribution is 2.35. The van der Waals surface area contributed by atoms with Gasteiger partial charge in [0.1, 0.15) is 11.5 Å². The van der Waals surface area contributed by atoms with E-state index >= 15 is 0 Å². The molecule has 3 aromatic rings. The summed E-state index contributed by atoms with van der Waals surface area (Å²) in [6.07, 6.45) is -3.36. The van der Waals surface area contributed by atoms with Gasteiger partial charge in [0.2, 0.25) is 0 Å². The number of alkyl halides is 3. The van der Waals surface area contributed by atoms with Crippen molar-refractivity contribution in [3.8, 4) is 11.5 Å². The second-order valence-corrected chi connectivity index (χ2v) is 7.65. The van der Waals surface area contributed by atoms with E-state index < -0.39 is 11.7 Å². The van der Waals surface area contributed by atoms with Gasteiger partial charge in [-0.3, -0.25) is 4.90 Å². The number of halogens is 3. The molecular weight excluding hydrogens is 401 g/mol. The Bertz CT molecular complexity index is 966. The summed E-state index contributed by atoms with van der Waals surface area (Å²) in [7, 11) is 0. The maximum absolute atomic E-state index is 13.1. The van der Waals surface area contributed by atoms with Crippen LogP contribution in [0.25, 0.3) is 0 Å². The van der Waals surface area contributed by atoms with Crippen LogP contribution in [-0.2, 0) is 6.18 Å². The molecule has 1 unspecified atom stereocenters. The molecule has 0 aromatic heterocycles. The molecular formula is C25H25F3N2O. The Labute approximate surface area is 180 Å². The summed E-state index contributed by atoms with van der Waals surface area (Å²) < 4.78 is 45.2. The van der Waals surface area contributed by atoms with Crippen molar-refractivity contribution in [1.82, 2.24) is 10.2 Å². The van der Waals surface area contributed by atoms with E-state index in [2.05, 4.69) is 10.2 Å². The molecule has 1 saturated heterocycles. The molecule has 1 heterocycles. The van der Waals surface area contributed by atoms with Crippen molar-refractivity contribution >= 4 is 0 Å². The van der Waals surface area contributed by atoms with E-state index in [0.29, 0.717) is 5.75 Å². The first kappa shape index (κ1) is 21.4. The third-order valence-electron chi connectivity index (χ3n) is 5.45. The van der Waals surface area contributed by atoms with E-state index in [1.165, 1.54) is 12.1 Å². The third-order valence-corrected chi connectivity index (χ3v) is 5.45. The van der Waals surface area contributed by atoms with Gasteiger partial charge in [-0.15, -0.1) is 0 Å². The lowest BCUT2D eigenvalue weighted by Crippen LogP contribution is -2.33. The Morgan fingerprint density at radius 3 is 2.26 bits per heavy atom. The van der Waals surface area contributed by atoms with Crippen LogP contribution < -0.4 is 10.1 Å². The highest BCUT2D eigenvalue weighted by Gasteiger charge is 2.31. The first-order valence-corrected chi connectivity index (χ1v) is 10.5. The van der Waals surface area contributed by atoms with E-state index in [0.717, 1.165) is 49.5 Å². The largest absolute Gasteiger partial charge is 0.457 e. The van der Waals surface area contributed by atoms with Crippen molar-refractivity contribution in [1.29, 1.82) is 0 Å². The predicted octanol–water partition coefficient (Wildman–Crippen LogP) is 5.88. The summed E-state index contributed by atoms with van der Waals surface area (Å²) in [5.41, 5.74) is 1.20. The minimum atomic E-state index is -4.34. The number of hydrogen-bond acceptors (Lipinski definition) is 3. The minimum absolute atomic E-state index is 0.151. The molecule has 1 atom stereocenters. The highest BCUT2D eigenvalue weighted by atomic mass is 19.4. The summed E-state index contributed by atoms with van der Waals surface area (Å²) in [5.74, 6) is 1.44. The van der Waals surface area contributed by atoms with Gasteiger partial charge in [0, 0.05) is 19.6 Å². The Morgan fingerprint density at radius 1 is 0.774 bits per heavy atom. The molecule has 3 nitrogen and oxygen atoms in total. The lowest BCUT2D eigenvalue weighted by molar-refractivity contribution is -0.137. The molecule has 3 aromatic carbocycles. The fourth-order valence-electron chi connectivity index (χ4n) is 3.97. The van der Waals surface area contributed by atoms with Gasteiger partial charge in [-0.2, -0.15) is 13.2 Å². The number of nitrogens with zero attached hydrogens (tertiary/aromatic N) is 1. The number of rotatable bonds is 5. The number of benzene rings is 3. The van der Waals surface area contributed by atoms with Crippen LogP contribution in [0.3, 0.4) is 0 Å². The summed E-state index contributed by atoms with van der Waals surface area (Å²) in [6.45, 7) is 3.46. The fraction of sp³-hybridized carbons (Fsp3) is 0.280. The van der Waals surface area contributed by atoms with E-state index in [1.54, 1.807) is 12.1 Å². The summed E-state index contributed by atoms with van der Waals surface area (Å²) in [6, 6.07) is 22.7. The van der Waals surface area contributed by atoms with Gasteiger partial charge >= 0.3 is 6.18 Å². The summed E-state index contributed by atoms with van der Waals surface area (Å²) in [5, 5.41) is 3.39. The Morgan fingerprint density at radius 2 is 1.52 bits per heavy atom. The van der Waals surface area contributed by atoms with Crippen LogP contribution in [0, 0.1) is 0 Å². The monoisotopic (exact) mass is 426 g/mol. The molecule has 0 bridgehead atoms. The van der Waals surface area contributed by atoms with E-state index in [4.69, 9.17) is 4.74 Å². The molecule has 1 N–H and O–H groups in total. The molecule has 1 aliphatic heterocycles. The molecule has 0 radical (unpaired) electrons. The Hall–Kier alpha value is -2.83. The van der Waals surface area contributed by atoms with Crippen LogP contribution in [0.15, 0.2) is 78.9 Å². The lowest BCUT2D eigenvalue weighted by Gasteiger charge is -2.31. The predicted molar refractivity (Wildman–Crippen MR) is 115 cm³/mol. The fourth-order valence-corrected chi connectivity index (χ4v) is 3.97. The molecule has 6 heteroatoms. The number of nitrogens with one attached hydrogen (secondary N) is 1. The molecule has 1 fully saturated rings. The van der Waals surface area contributed by atoms with Crippen LogP contribution in [0.2, 0.25) is 0 Å². The molecule has 0 saturated carbocycles. The quantitative estimate of drug-likeness (QED) is 0.551. The van der Waals surface area contributed by atoms with Crippen molar-refractivity contribution in [2.45, 2.75) is 18.6 Å². The molecule has 0 amide bonds. The average Bonchev–Trinajstić information content (AvgIpc) is 3.04. The molecule has 31 heavy (non-hydrogen) atoms. The maximum Gasteiger partial charge on any atom is 0.416 e. The van der Waals surface area contributed by atoms with Crippen LogP contribution >= 0.6 is 0 Å². The maximum atomic E-state index is 13.1. The number of ether oxygens (including phenoxy) is 1. The van der Waals surface area contributed by atoms with Gasteiger partial charge in [0.05, 0.1) is 11.6 Å². The van der Waals surface area contributed by atoms with Gasteiger partial charge in [-0.1, -0.05) is 42.5 Å². The van der Waals surface area contributed by atoms with Gasteiger partial charge < -0.3 is 10.1 Å². The first-order chi connectivity index (χ1) is 15.0. The molecule has 0 spiro atoms. The van der Waals surface area contributed by atoms with E-state index in [-0.39, 0.29) is 6.04 Å². The van der Waals surface area contributed by atoms with Gasteiger partial charge in [0.15, 0.2) is 0 Å². The number of para-hydroxylation sites is 1. The molecule has 162 valence electrons. The van der Waals surface area contributed by atoms with E-state index in [9.17, 15) is 13.2 Å². The van der Waals surface area contributed by atoms with Crippen LogP contribution in [0.1, 0.15) is 29.2 Å². The Kier molecular flexibility index (Phi) is 6.59. The second kappa shape index (κ2) is 9.54. The zero-order valence-corrected chi connectivity index (χ0v) is 17.1. The normalized spacial score (nSPS) is 16.5. The van der Waals surface area contributed by atoms with Crippen LogP contribution in [-0.4, -0.2) is 31.1 Å². The SMILES string of the molecule is FC(F)(F)c1ccc(C(c2cccc(Oc3ccccc3)c2)N2CCCNCC2)cc1. The molecule has 4 rings (SSSR count). The third kappa shape index (κ3) is 5.46. The van der Waals surface area contributed by atoms with E-state index in [1.807, 2.05) is 54.6 Å². The van der Waals surface area contributed by atoms with Crippen LogP contribution in [0.5, 0.6) is 11.5 Å². The second-order valence-electron chi connectivity index (χ2n) is 7.65. The highest BCUT2D eigenvalue weighted by molar-refractivity contribution is 5.40. The average molecular weight is 426 g/mol. The smallest absolute Gasteiger partial charge is 0.416 e. The van der Waals surface area contributed by atoms with Crippen molar-refractivity contribution < 1.29 is 17.9 Å². The van der Waals surface area contributed by atoms with Crippen molar-refractivity contribution in [2.75, 3.05) is 26.2 Å². The summed E-state index contributed by atoms with van der Waals surface area (Å²) in [4.78, 5) is 2.32. The zero-order chi connectivity index (χ0) is 21.7. The molecule has 0 aliphatic carbocycles. The van der Waals surface area contributed by atoms with Gasteiger partial charge in [-0.05, 0) is 60.5 Å². The topological polar surface area (TPSA) is 24.5 Å². The first-order valence-electron chi connectivity index (χ1n) is 10.5. The van der Waals surface area contributed by atoms with Crippen molar-refractivity contribution in [3.63, 3.8) is 0 Å². The van der Waals surface area contributed by atoms with Gasteiger partial charge in [-0.25, -0.2) is 0 Å². The number of hydrogen-bond donors (Lipinski definition) is 1. The van der Waals surface area contributed by atoms with Gasteiger partial charge in [0.25, 0.3) is 0 Å². The summed E-state index contributed by atoms with van der Waals surface area (Å²) >= 11 is 0. The lowest BCUT2D eigenvalue weighted by atomic mass is 9.95. The Balaban J connectivity index is 1.68. The molecule has 1 aliphatic rings. The van der Waals surface area contributed by atoms with Crippen molar-refractivity contribution in [3.05, 3.63) is 95.6 Å². The minimum Gasteiger partial charge on any atom is -0.457 e. The van der Waals surface area contributed by atoms with Crippen LogP contribution in [0.4, 0.5) is 13.2 Å². The zero-order valence-electron chi connectivity index (χ0n) is 17.1.